The van der Waals surface area contributed by atoms with Gasteiger partial charge in [-0.2, -0.15) is 0 Å². The Morgan fingerprint density at radius 2 is 1.70 bits per heavy atom. The molecule has 1 unspecified atom stereocenters. The van der Waals surface area contributed by atoms with Crippen LogP contribution >= 0.6 is 0 Å². The summed E-state index contributed by atoms with van der Waals surface area (Å²) in [5, 5.41) is 2.88. The van der Waals surface area contributed by atoms with E-state index in [2.05, 4.69) is 15.3 Å². The molecule has 5 aromatic rings. The number of ether oxygens (including phenoxy) is 5. The summed E-state index contributed by atoms with van der Waals surface area (Å²) in [6.45, 7) is 6.37. The molecule has 0 spiro atoms. The summed E-state index contributed by atoms with van der Waals surface area (Å²) in [4.78, 5) is 36.5. The zero-order chi connectivity index (χ0) is 37.4. The number of nitrogen functional groups attached to an aromatic ring is 1. The van der Waals surface area contributed by atoms with Gasteiger partial charge < -0.3 is 39.3 Å². The maximum absolute atomic E-state index is 13.8. The fraction of sp³-hybridized carbons (Fsp3) is 0.333. The minimum absolute atomic E-state index is 0.0222. The predicted octanol–water partition coefficient (Wildman–Crippen LogP) is 6.40. The first-order chi connectivity index (χ1) is 26.3. The minimum Gasteiger partial charge on any atom is -0.493 e. The molecule has 2 saturated heterocycles. The van der Waals surface area contributed by atoms with Crippen molar-refractivity contribution in [3.8, 4) is 45.0 Å². The third-order valence-corrected chi connectivity index (χ3v) is 9.79. The third-order valence-electron chi connectivity index (χ3n) is 9.79. The number of carbonyl (C=O) groups excluding carboxylic acids is 1. The molecule has 0 bridgehead atoms. The van der Waals surface area contributed by atoms with Gasteiger partial charge in [-0.25, -0.2) is 4.98 Å². The van der Waals surface area contributed by atoms with Crippen LogP contribution in [0.4, 0.5) is 11.5 Å². The highest BCUT2D eigenvalue weighted by molar-refractivity contribution is 6.04. The van der Waals surface area contributed by atoms with E-state index in [9.17, 15) is 9.59 Å². The van der Waals surface area contributed by atoms with Crippen molar-refractivity contribution in [2.75, 3.05) is 57.8 Å². The number of nitrogens with two attached hydrogens (primary N) is 1. The van der Waals surface area contributed by atoms with Crippen LogP contribution in [0.2, 0.25) is 0 Å². The number of rotatable bonds is 12. The number of methoxy groups -OCH3 is 1. The van der Waals surface area contributed by atoms with E-state index >= 15 is 0 Å². The highest BCUT2D eigenvalue weighted by Gasteiger charge is 2.21. The van der Waals surface area contributed by atoms with Gasteiger partial charge in [0.25, 0.3) is 5.91 Å². The van der Waals surface area contributed by atoms with Crippen LogP contribution in [0.1, 0.15) is 35.2 Å². The number of nitrogens with one attached hydrogen (secondary N) is 1. The van der Waals surface area contributed by atoms with Gasteiger partial charge in [0.1, 0.15) is 11.4 Å². The SMILES string of the molecule is COc1cc(-c2cnc(N)c(-c3ccc(NC(=O)c4cn(CC5CCOCC5)cc(-c5ccc(C)cc5)c4=O)cn3)c2)ccc1OCCC1COCCO1. The molecule has 2 aliphatic heterocycles. The molecule has 1 atom stereocenters. The van der Waals surface area contributed by atoms with Crippen molar-refractivity contribution in [2.24, 2.45) is 5.92 Å². The van der Waals surface area contributed by atoms with Crippen LogP contribution in [0.15, 0.2) is 90.2 Å². The van der Waals surface area contributed by atoms with Crippen molar-refractivity contribution in [3.05, 3.63) is 107 Å². The van der Waals surface area contributed by atoms with E-state index in [1.807, 2.05) is 66.2 Å². The van der Waals surface area contributed by atoms with E-state index in [-0.39, 0.29) is 17.1 Å². The van der Waals surface area contributed by atoms with Crippen LogP contribution in [-0.4, -0.2) is 73.3 Å². The van der Waals surface area contributed by atoms with E-state index in [0.717, 1.165) is 35.1 Å². The Morgan fingerprint density at radius 1 is 0.889 bits per heavy atom. The molecule has 280 valence electrons. The summed E-state index contributed by atoms with van der Waals surface area (Å²) in [7, 11) is 1.60. The van der Waals surface area contributed by atoms with E-state index in [4.69, 9.17) is 29.4 Å². The molecule has 2 aromatic carbocycles. The van der Waals surface area contributed by atoms with Crippen LogP contribution < -0.4 is 26.0 Å². The van der Waals surface area contributed by atoms with Crippen molar-refractivity contribution < 1.29 is 28.5 Å². The van der Waals surface area contributed by atoms with E-state index in [1.165, 1.54) is 0 Å². The Morgan fingerprint density at radius 3 is 2.44 bits per heavy atom. The van der Waals surface area contributed by atoms with Crippen LogP contribution in [0.5, 0.6) is 11.5 Å². The van der Waals surface area contributed by atoms with E-state index in [1.54, 1.807) is 37.8 Å². The van der Waals surface area contributed by atoms with Crippen molar-refractivity contribution in [1.82, 2.24) is 14.5 Å². The number of amides is 1. The Balaban J connectivity index is 1.07. The Labute approximate surface area is 314 Å². The van der Waals surface area contributed by atoms with E-state index in [0.29, 0.717) is 98.3 Å². The van der Waals surface area contributed by atoms with Crippen molar-refractivity contribution in [2.45, 2.75) is 38.8 Å². The average Bonchev–Trinajstić information content (AvgIpc) is 3.20. The molecule has 12 nitrogen and oxygen atoms in total. The number of hydrogen-bond donors (Lipinski definition) is 2. The van der Waals surface area contributed by atoms with Crippen LogP contribution in [0.25, 0.3) is 33.5 Å². The highest BCUT2D eigenvalue weighted by Crippen LogP contribution is 2.35. The molecule has 2 fully saturated rings. The fourth-order valence-electron chi connectivity index (χ4n) is 6.70. The zero-order valence-corrected chi connectivity index (χ0v) is 30.6. The second-order valence-corrected chi connectivity index (χ2v) is 13.6. The first-order valence-corrected chi connectivity index (χ1v) is 18.3. The Kier molecular flexibility index (Phi) is 11.6. The zero-order valence-electron chi connectivity index (χ0n) is 30.6. The molecule has 54 heavy (non-hydrogen) atoms. The van der Waals surface area contributed by atoms with Gasteiger partial charge in [0, 0.05) is 61.5 Å². The molecule has 2 aliphatic rings. The molecule has 0 saturated carbocycles. The molecular weight excluding hydrogens is 686 g/mol. The number of hydrogen-bond acceptors (Lipinski definition) is 10. The van der Waals surface area contributed by atoms with Crippen molar-refractivity contribution in [3.63, 3.8) is 0 Å². The quantitative estimate of drug-likeness (QED) is 0.148. The number of aryl methyl sites for hydroxylation is 1. The molecule has 3 N–H and O–H groups in total. The standard InChI is InChI=1S/C42H45N5O7/c1-27-3-5-29(6-4-27)35-24-47(23-28-11-14-51-15-12-28)25-36(40(35)48)42(49)46-32-8-9-37(44-22-32)34-19-31(21-45-41(34)43)30-7-10-38(39(20-30)50-2)54-16-13-33-26-52-17-18-53-33/h3-10,19-22,24-25,28,33H,11-18,23,26H2,1-2H3,(H2,43,45)(H,46,49). The summed E-state index contributed by atoms with van der Waals surface area (Å²) < 4.78 is 30.3. The largest absolute Gasteiger partial charge is 0.493 e. The number of anilines is 2. The van der Waals surface area contributed by atoms with Crippen LogP contribution in [0, 0.1) is 12.8 Å². The lowest BCUT2D eigenvalue weighted by Gasteiger charge is -2.23. The summed E-state index contributed by atoms with van der Waals surface area (Å²) >= 11 is 0. The number of benzene rings is 2. The lowest BCUT2D eigenvalue weighted by molar-refractivity contribution is -0.0935. The normalized spacial score (nSPS) is 16.1. The first-order valence-electron chi connectivity index (χ1n) is 18.3. The van der Waals surface area contributed by atoms with Crippen LogP contribution in [-0.2, 0) is 20.8 Å². The molecule has 1 amide bonds. The van der Waals surface area contributed by atoms with Crippen LogP contribution in [0.3, 0.4) is 0 Å². The maximum atomic E-state index is 13.8. The van der Waals surface area contributed by atoms with Gasteiger partial charge in [0.15, 0.2) is 11.5 Å². The minimum atomic E-state index is -0.509. The molecule has 7 rings (SSSR count). The van der Waals surface area contributed by atoms with Gasteiger partial charge in [-0.15, -0.1) is 0 Å². The number of pyridine rings is 3. The van der Waals surface area contributed by atoms with Gasteiger partial charge in [-0.1, -0.05) is 35.9 Å². The summed E-state index contributed by atoms with van der Waals surface area (Å²) in [5.74, 6) is 1.40. The number of carbonyl (C=O) groups is 1. The highest BCUT2D eigenvalue weighted by atomic mass is 16.6. The maximum Gasteiger partial charge on any atom is 0.261 e. The molecule has 5 heterocycles. The number of nitrogens with zero attached hydrogens (tertiary/aromatic N) is 3. The third kappa shape index (κ3) is 8.79. The molecule has 12 heteroatoms. The van der Waals surface area contributed by atoms with E-state index < -0.39 is 5.91 Å². The summed E-state index contributed by atoms with van der Waals surface area (Å²) in [6, 6.07) is 18.9. The van der Waals surface area contributed by atoms with Crippen molar-refractivity contribution in [1.29, 1.82) is 0 Å². The molecular formula is C42H45N5O7. The lowest BCUT2D eigenvalue weighted by atomic mass is 9.99. The van der Waals surface area contributed by atoms with Gasteiger partial charge in [0.2, 0.25) is 5.43 Å². The van der Waals surface area contributed by atoms with Gasteiger partial charge in [-0.05, 0) is 67.1 Å². The summed E-state index contributed by atoms with van der Waals surface area (Å²) in [5.41, 5.74) is 11.7. The number of aromatic nitrogens is 3. The lowest BCUT2D eigenvalue weighted by Crippen LogP contribution is -2.29. The monoisotopic (exact) mass is 731 g/mol. The molecule has 3 aromatic heterocycles. The van der Waals surface area contributed by atoms with Crippen molar-refractivity contribution >= 4 is 17.4 Å². The van der Waals surface area contributed by atoms with Gasteiger partial charge >= 0.3 is 0 Å². The van der Waals surface area contributed by atoms with Gasteiger partial charge in [-0.3, -0.25) is 14.6 Å². The Hall–Kier alpha value is -5.56. The second-order valence-electron chi connectivity index (χ2n) is 13.6. The first kappa shape index (κ1) is 36.8. The van der Waals surface area contributed by atoms with Gasteiger partial charge in [0.05, 0.1) is 57.2 Å². The smallest absolute Gasteiger partial charge is 0.261 e. The fourth-order valence-corrected chi connectivity index (χ4v) is 6.70. The molecule has 0 radical (unpaired) electrons. The molecule has 0 aliphatic carbocycles. The predicted molar refractivity (Wildman–Crippen MR) is 207 cm³/mol. The topological polar surface area (TPSA) is 149 Å². The summed E-state index contributed by atoms with van der Waals surface area (Å²) in [6.07, 6.45) is 9.34. The Bertz CT molecular complexity index is 2120. The second kappa shape index (κ2) is 17.1. The average molecular weight is 732 g/mol.